The van der Waals surface area contributed by atoms with Gasteiger partial charge in [0.25, 0.3) is 0 Å². The molecule has 1 rings (SSSR count). The third-order valence-electron chi connectivity index (χ3n) is 3.12. The van der Waals surface area contributed by atoms with Crippen LogP contribution in [0.15, 0.2) is 24.3 Å². The van der Waals surface area contributed by atoms with Crippen LogP contribution in [0.5, 0.6) is 0 Å². The molecule has 16 heavy (non-hydrogen) atoms. The van der Waals surface area contributed by atoms with Crippen LogP contribution < -0.4 is 0 Å². The van der Waals surface area contributed by atoms with Crippen molar-refractivity contribution in [3.8, 4) is 0 Å². The molecule has 0 fully saturated rings. The summed E-state index contributed by atoms with van der Waals surface area (Å²) in [6.45, 7) is 6.71. The van der Waals surface area contributed by atoms with Crippen LogP contribution >= 0.6 is 0 Å². The second-order valence-electron chi connectivity index (χ2n) is 4.43. The number of carbonyl (C=O) groups excluding carboxylic acids is 1. The van der Waals surface area contributed by atoms with Crippen molar-refractivity contribution in [2.75, 3.05) is 7.05 Å². The first-order valence-electron chi connectivity index (χ1n) is 5.85. The second-order valence-corrected chi connectivity index (χ2v) is 4.43. The van der Waals surface area contributed by atoms with Gasteiger partial charge in [0, 0.05) is 20.5 Å². The molecule has 0 aliphatic carbocycles. The summed E-state index contributed by atoms with van der Waals surface area (Å²) in [4.78, 5) is 12.8. The molecule has 0 radical (unpaired) electrons. The molecular formula is C14H21NO. The van der Waals surface area contributed by atoms with E-state index >= 15 is 0 Å². The van der Waals surface area contributed by atoms with E-state index in [4.69, 9.17) is 0 Å². The van der Waals surface area contributed by atoms with E-state index in [2.05, 4.69) is 38.1 Å². The SMILES string of the molecule is CCC(C)c1ccc(CN(C)C(C)=O)cc1. The largest absolute Gasteiger partial charge is 0.342 e. The monoisotopic (exact) mass is 219 g/mol. The van der Waals surface area contributed by atoms with E-state index in [0.717, 1.165) is 6.42 Å². The number of hydrogen-bond acceptors (Lipinski definition) is 1. The van der Waals surface area contributed by atoms with Crippen LogP contribution in [0.3, 0.4) is 0 Å². The van der Waals surface area contributed by atoms with Crippen LogP contribution in [0, 0.1) is 0 Å². The fraction of sp³-hybridized carbons (Fsp3) is 0.500. The van der Waals surface area contributed by atoms with E-state index in [1.165, 1.54) is 11.1 Å². The highest BCUT2D eigenvalue weighted by Gasteiger charge is 2.05. The molecule has 0 bridgehead atoms. The van der Waals surface area contributed by atoms with Crippen LogP contribution in [0.4, 0.5) is 0 Å². The molecule has 0 aliphatic rings. The molecule has 1 unspecified atom stereocenters. The Hall–Kier alpha value is -1.31. The molecular weight excluding hydrogens is 198 g/mol. The highest BCUT2D eigenvalue weighted by Crippen LogP contribution is 2.19. The van der Waals surface area contributed by atoms with Crippen molar-refractivity contribution < 1.29 is 4.79 Å². The average molecular weight is 219 g/mol. The summed E-state index contributed by atoms with van der Waals surface area (Å²) in [6, 6.07) is 8.55. The van der Waals surface area contributed by atoms with E-state index in [0.29, 0.717) is 12.5 Å². The summed E-state index contributed by atoms with van der Waals surface area (Å²) in [5.74, 6) is 0.714. The maximum absolute atomic E-state index is 11.1. The van der Waals surface area contributed by atoms with Crippen molar-refractivity contribution in [3.63, 3.8) is 0 Å². The molecule has 0 saturated carbocycles. The van der Waals surface area contributed by atoms with Gasteiger partial charge in [0.1, 0.15) is 0 Å². The Morgan fingerprint density at radius 2 is 1.88 bits per heavy atom. The average Bonchev–Trinajstić information content (AvgIpc) is 2.28. The minimum absolute atomic E-state index is 0.103. The first kappa shape index (κ1) is 12.8. The lowest BCUT2D eigenvalue weighted by Crippen LogP contribution is -2.22. The summed E-state index contributed by atoms with van der Waals surface area (Å²) in [5.41, 5.74) is 2.56. The van der Waals surface area contributed by atoms with Crippen molar-refractivity contribution in [1.82, 2.24) is 4.90 Å². The van der Waals surface area contributed by atoms with Gasteiger partial charge in [-0.3, -0.25) is 4.79 Å². The minimum atomic E-state index is 0.103. The van der Waals surface area contributed by atoms with Gasteiger partial charge in [0.15, 0.2) is 0 Å². The first-order valence-corrected chi connectivity index (χ1v) is 5.85. The molecule has 0 aliphatic heterocycles. The zero-order valence-electron chi connectivity index (χ0n) is 10.7. The Morgan fingerprint density at radius 3 is 2.31 bits per heavy atom. The number of amides is 1. The van der Waals surface area contributed by atoms with Gasteiger partial charge < -0.3 is 4.90 Å². The van der Waals surface area contributed by atoms with Gasteiger partial charge in [-0.15, -0.1) is 0 Å². The lowest BCUT2D eigenvalue weighted by Gasteiger charge is -2.15. The van der Waals surface area contributed by atoms with E-state index in [1.54, 1.807) is 11.8 Å². The van der Waals surface area contributed by atoms with Gasteiger partial charge in [-0.25, -0.2) is 0 Å². The molecule has 2 nitrogen and oxygen atoms in total. The summed E-state index contributed by atoms with van der Waals surface area (Å²) >= 11 is 0. The molecule has 0 N–H and O–H groups in total. The fourth-order valence-electron chi connectivity index (χ4n) is 1.57. The Labute approximate surface area is 98.3 Å². The summed E-state index contributed by atoms with van der Waals surface area (Å²) in [7, 11) is 1.82. The highest BCUT2D eigenvalue weighted by molar-refractivity contribution is 5.72. The molecule has 1 amide bonds. The first-order chi connectivity index (χ1) is 7.54. The number of benzene rings is 1. The van der Waals surface area contributed by atoms with E-state index in [-0.39, 0.29) is 5.91 Å². The van der Waals surface area contributed by atoms with Crippen LogP contribution in [0.25, 0.3) is 0 Å². The van der Waals surface area contributed by atoms with Crippen LogP contribution in [-0.2, 0) is 11.3 Å². The third kappa shape index (κ3) is 3.37. The van der Waals surface area contributed by atoms with Gasteiger partial charge in [-0.05, 0) is 23.5 Å². The van der Waals surface area contributed by atoms with Crippen molar-refractivity contribution in [1.29, 1.82) is 0 Å². The predicted molar refractivity (Wildman–Crippen MR) is 67.3 cm³/mol. The van der Waals surface area contributed by atoms with Crippen LogP contribution in [-0.4, -0.2) is 17.9 Å². The predicted octanol–water partition coefficient (Wildman–Crippen LogP) is 3.18. The molecule has 1 aromatic rings. The molecule has 88 valence electrons. The number of hydrogen-bond donors (Lipinski definition) is 0. The Balaban J connectivity index is 2.68. The van der Waals surface area contributed by atoms with E-state index < -0.39 is 0 Å². The molecule has 1 aromatic carbocycles. The van der Waals surface area contributed by atoms with E-state index in [1.807, 2.05) is 7.05 Å². The Bertz CT molecular complexity index is 342. The van der Waals surface area contributed by atoms with Crippen LogP contribution in [0.1, 0.15) is 44.2 Å². The number of carbonyl (C=O) groups is 1. The maximum atomic E-state index is 11.1. The zero-order chi connectivity index (χ0) is 12.1. The van der Waals surface area contributed by atoms with Crippen molar-refractivity contribution in [3.05, 3.63) is 35.4 Å². The molecule has 1 atom stereocenters. The summed E-state index contributed by atoms with van der Waals surface area (Å²) < 4.78 is 0. The zero-order valence-corrected chi connectivity index (χ0v) is 10.7. The second kappa shape index (κ2) is 5.69. The Kier molecular flexibility index (Phi) is 4.53. The van der Waals surface area contributed by atoms with Gasteiger partial charge in [-0.2, -0.15) is 0 Å². The molecule has 2 heteroatoms. The summed E-state index contributed by atoms with van der Waals surface area (Å²) in [5, 5.41) is 0. The van der Waals surface area contributed by atoms with Gasteiger partial charge in [0.05, 0.1) is 0 Å². The van der Waals surface area contributed by atoms with Gasteiger partial charge in [0.2, 0.25) is 5.91 Å². The Morgan fingerprint density at radius 1 is 1.31 bits per heavy atom. The minimum Gasteiger partial charge on any atom is -0.342 e. The smallest absolute Gasteiger partial charge is 0.219 e. The normalized spacial score (nSPS) is 12.2. The summed E-state index contributed by atoms with van der Waals surface area (Å²) in [6.07, 6.45) is 1.16. The van der Waals surface area contributed by atoms with Crippen molar-refractivity contribution in [2.24, 2.45) is 0 Å². The van der Waals surface area contributed by atoms with Gasteiger partial charge in [-0.1, -0.05) is 38.1 Å². The lowest BCUT2D eigenvalue weighted by atomic mass is 9.97. The van der Waals surface area contributed by atoms with Crippen molar-refractivity contribution in [2.45, 2.75) is 39.7 Å². The lowest BCUT2D eigenvalue weighted by molar-refractivity contribution is -0.128. The molecule has 0 heterocycles. The highest BCUT2D eigenvalue weighted by atomic mass is 16.2. The topological polar surface area (TPSA) is 20.3 Å². The van der Waals surface area contributed by atoms with E-state index in [9.17, 15) is 4.79 Å². The number of rotatable bonds is 4. The molecule has 0 aromatic heterocycles. The third-order valence-corrected chi connectivity index (χ3v) is 3.12. The quantitative estimate of drug-likeness (QED) is 0.761. The fourth-order valence-corrected chi connectivity index (χ4v) is 1.57. The van der Waals surface area contributed by atoms with Gasteiger partial charge >= 0.3 is 0 Å². The molecule has 0 spiro atoms. The van der Waals surface area contributed by atoms with Crippen LogP contribution in [0.2, 0.25) is 0 Å². The molecule has 0 saturated heterocycles. The van der Waals surface area contributed by atoms with Crippen molar-refractivity contribution >= 4 is 5.91 Å². The maximum Gasteiger partial charge on any atom is 0.219 e. The number of nitrogens with zero attached hydrogens (tertiary/aromatic N) is 1. The standard InChI is InChI=1S/C14H21NO/c1-5-11(2)14-8-6-13(7-9-14)10-15(4)12(3)16/h6-9,11H,5,10H2,1-4H3.